The summed E-state index contributed by atoms with van der Waals surface area (Å²) >= 11 is 0. The molecule has 1 aromatic carbocycles. The summed E-state index contributed by atoms with van der Waals surface area (Å²) < 4.78 is 0. The van der Waals surface area contributed by atoms with Crippen LogP contribution >= 0.6 is 0 Å². The molecule has 1 aliphatic rings. The molecular formula is C14H21N. The van der Waals surface area contributed by atoms with E-state index in [1.54, 1.807) is 0 Å². The molecule has 2 rings (SSSR count). The van der Waals surface area contributed by atoms with Gasteiger partial charge in [-0.25, -0.2) is 0 Å². The second kappa shape index (κ2) is 4.36. The van der Waals surface area contributed by atoms with Crippen molar-refractivity contribution in [1.29, 1.82) is 0 Å². The lowest BCUT2D eigenvalue weighted by Crippen LogP contribution is -2.28. The van der Waals surface area contributed by atoms with Crippen LogP contribution in [-0.2, 0) is 0 Å². The molecule has 1 saturated heterocycles. The Morgan fingerprint density at radius 3 is 2.33 bits per heavy atom. The molecule has 0 amide bonds. The van der Waals surface area contributed by atoms with E-state index in [1.165, 1.54) is 18.7 Å². The molecule has 1 aliphatic heterocycles. The Labute approximate surface area is 93.1 Å². The average molecular weight is 203 g/mol. The van der Waals surface area contributed by atoms with Crippen LogP contribution in [0.25, 0.3) is 0 Å². The standard InChI is InChI=1S/C14H21N/c1-11(2)15-9-12(3)14(10-15)13-7-5-4-6-8-13/h4-8,11-12,14H,9-10H2,1-3H3/t12?,14-/m1/s1. The summed E-state index contributed by atoms with van der Waals surface area (Å²) in [5.41, 5.74) is 1.51. The van der Waals surface area contributed by atoms with Gasteiger partial charge < -0.3 is 4.90 Å². The maximum atomic E-state index is 2.59. The van der Waals surface area contributed by atoms with Crippen LogP contribution in [0.3, 0.4) is 0 Å². The molecule has 1 unspecified atom stereocenters. The van der Waals surface area contributed by atoms with Crippen molar-refractivity contribution in [1.82, 2.24) is 4.90 Å². The molecule has 1 heterocycles. The van der Waals surface area contributed by atoms with E-state index in [0.29, 0.717) is 6.04 Å². The number of hydrogen-bond acceptors (Lipinski definition) is 1. The van der Waals surface area contributed by atoms with Gasteiger partial charge in [-0.1, -0.05) is 37.3 Å². The monoisotopic (exact) mass is 203 g/mol. The van der Waals surface area contributed by atoms with Crippen molar-refractivity contribution in [3.63, 3.8) is 0 Å². The molecule has 15 heavy (non-hydrogen) atoms. The highest BCUT2D eigenvalue weighted by atomic mass is 15.2. The van der Waals surface area contributed by atoms with E-state index in [1.807, 2.05) is 0 Å². The second-order valence-corrected chi connectivity index (χ2v) is 5.04. The SMILES string of the molecule is CC1CN(C(C)C)C[C@H]1c1ccccc1. The van der Waals surface area contributed by atoms with Crippen molar-refractivity contribution in [2.45, 2.75) is 32.7 Å². The van der Waals surface area contributed by atoms with Crippen molar-refractivity contribution < 1.29 is 0 Å². The van der Waals surface area contributed by atoms with E-state index < -0.39 is 0 Å². The van der Waals surface area contributed by atoms with Crippen molar-refractivity contribution in [3.05, 3.63) is 35.9 Å². The van der Waals surface area contributed by atoms with Crippen LogP contribution in [0.4, 0.5) is 0 Å². The van der Waals surface area contributed by atoms with E-state index in [-0.39, 0.29) is 0 Å². The maximum Gasteiger partial charge on any atom is 0.00561 e. The molecule has 0 spiro atoms. The third-order valence-corrected chi connectivity index (χ3v) is 3.60. The van der Waals surface area contributed by atoms with E-state index in [2.05, 4.69) is 56.0 Å². The summed E-state index contributed by atoms with van der Waals surface area (Å²) in [5, 5.41) is 0. The van der Waals surface area contributed by atoms with Gasteiger partial charge in [0.1, 0.15) is 0 Å². The van der Waals surface area contributed by atoms with Crippen LogP contribution in [0, 0.1) is 5.92 Å². The summed E-state index contributed by atoms with van der Waals surface area (Å²) in [6.45, 7) is 9.43. The molecule has 1 heteroatoms. The lowest BCUT2D eigenvalue weighted by atomic mass is 9.90. The molecule has 0 aromatic heterocycles. The van der Waals surface area contributed by atoms with Gasteiger partial charge in [-0.15, -0.1) is 0 Å². The van der Waals surface area contributed by atoms with Crippen LogP contribution in [0.5, 0.6) is 0 Å². The zero-order valence-electron chi connectivity index (χ0n) is 9.98. The number of benzene rings is 1. The van der Waals surface area contributed by atoms with Crippen LogP contribution in [-0.4, -0.2) is 24.0 Å². The minimum absolute atomic E-state index is 0.682. The van der Waals surface area contributed by atoms with Crippen LogP contribution in [0.1, 0.15) is 32.3 Å². The predicted molar refractivity (Wildman–Crippen MR) is 65.1 cm³/mol. The number of hydrogen-bond donors (Lipinski definition) is 0. The Hall–Kier alpha value is -0.820. The van der Waals surface area contributed by atoms with E-state index in [0.717, 1.165) is 11.8 Å². The van der Waals surface area contributed by atoms with Gasteiger partial charge in [-0.2, -0.15) is 0 Å². The largest absolute Gasteiger partial charge is 0.300 e. The normalized spacial score (nSPS) is 27.5. The molecule has 0 N–H and O–H groups in total. The van der Waals surface area contributed by atoms with E-state index >= 15 is 0 Å². The minimum atomic E-state index is 0.682. The first-order valence-electron chi connectivity index (χ1n) is 5.97. The van der Waals surface area contributed by atoms with Gasteiger partial charge in [0.25, 0.3) is 0 Å². The van der Waals surface area contributed by atoms with Gasteiger partial charge in [0.15, 0.2) is 0 Å². The lowest BCUT2D eigenvalue weighted by Gasteiger charge is -2.20. The molecule has 0 bridgehead atoms. The van der Waals surface area contributed by atoms with Gasteiger partial charge in [-0.05, 0) is 25.3 Å². The van der Waals surface area contributed by atoms with Crippen molar-refractivity contribution >= 4 is 0 Å². The number of nitrogens with zero attached hydrogens (tertiary/aromatic N) is 1. The Kier molecular flexibility index (Phi) is 3.11. The van der Waals surface area contributed by atoms with Crippen LogP contribution in [0.2, 0.25) is 0 Å². The summed E-state index contributed by atoms with van der Waals surface area (Å²) in [7, 11) is 0. The average Bonchev–Trinajstić information content (AvgIpc) is 2.62. The molecule has 2 atom stereocenters. The fraction of sp³-hybridized carbons (Fsp3) is 0.571. The summed E-state index contributed by atoms with van der Waals surface area (Å²) in [6.07, 6.45) is 0. The Balaban J connectivity index is 2.12. The Morgan fingerprint density at radius 1 is 1.13 bits per heavy atom. The predicted octanol–water partition coefficient (Wildman–Crippen LogP) is 3.13. The van der Waals surface area contributed by atoms with Crippen molar-refractivity contribution in [3.8, 4) is 0 Å². The number of likely N-dealkylation sites (tertiary alicyclic amines) is 1. The highest BCUT2D eigenvalue weighted by Gasteiger charge is 2.31. The van der Waals surface area contributed by atoms with E-state index in [9.17, 15) is 0 Å². The maximum absolute atomic E-state index is 2.59. The first kappa shape index (κ1) is 10.7. The van der Waals surface area contributed by atoms with E-state index in [4.69, 9.17) is 0 Å². The zero-order valence-corrected chi connectivity index (χ0v) is 9.98. The third kappa shape index (κ3) is 2.23. The Morgan fingerprint density at radius 2 is 1.80 bits per heavy atom. The molecule has 1 fully saturated rings. The molecule has 0 radical (unpaired) electrons. The minimum Gasteiger partial charge on any atom is -0.300 e. The summed E-state index contributed by atoms with van der Waals surface area (Å²) in [4.78, 5) is 2.59. The zero-order chi connectivity index (χ0) is 10.8. The van der Waals surface area contributed by atoms with Gasteiger partial charge in [0.2, 0.25) is 0 Å². The molecule has 1 nitrogen and oxygen atoms in total. The Bertz CT molecular complexity index is 304. The third-order valence-electron chi connectivity index (χ3n) is 3.60. The van der Waals surface area contributed by atoms with Crippen LogP contribution < -0.4 is 0 Å². The smallest absolute Gasteiger partial charge is 0.00561 e. The molecule has 82 valence electrons. The first-order valence-corrected chi connectivity index (χ1v) is 5.97. The van der Waals surface area contributed by atoms with Gasteiger partial charge in [-0.3, -0.25) is 0 Å². The fourth-order valence-corrected chi connectivity index (χ4v) is 2.56. The fourth-order valence-electron chi connectivity index (χ4n) is 2.56. The van der Waals surface area contributed by atoms with Crippen LogP contribution in [0.15, 0.2) is 30.3 Å². The summed E-state index contributed by atoms with van der Waals surface area (Å²) in [6, 6.07) is 11.6. The molecular weight excluding hydrogens is 182 g/mol. The van der Waals surface area contributed by atoms with Crippen molar-refractivity contribution in [2.24, 2.45) is 5.92 Å². The second-order valence-electron chi connectivity index (χ2n) is 5.04. The highest BCUT2D eigenvalue weighted by Crippen LogP contribution is 2.32. The van der Waals surface area contributed by atoms with Gasteiger partial charge in [0.05, 0.1) is 0 Å². The van der Waals surface area contributed by atoms with Gasteiger partial charge in [0, 0.05) is 25.0 Å². The first-order chi connectivity index (χ1) is 7.18. The lowest BCUT2D eigenvalue weighted by molar-refractivity contribution is 0.266. The highest BCUT2D eigenvalue weighted by molar-refractivity contribution is 5.22. The quantitative estimate of drug-likeness (QED) is 0.714. The molecule has 1 aromatic rings. The van der Waals surface area contributed by atoms with Crippen molar-refractivity contribution in [2.75, 3.05) is 13.1 Å². The summed E-state index contributed by atoms with van der Waals surface area (Å²) in [5.74, 6) is 1.52. The molecule has 0 saturated carbocycles. The van der Waals surface area contributed by atoms with Gasteiger partial charge >= 0.3 is 0 Å². The molecule has 0 aliphatic carbocycles. The topological polar surface area (TPSA) is 3.24 Å². The number of rotatable bonds is 2.